The lowest BCUT2D eigenvalue weighted by Crippen LogP contribution is -2.11. The number of hydrazine groups is 1. The van der Waals surface area contributed by atoms with Crippen molar-refractivity contribution in [2.24, 2.45) is 5.84 Å². The van der Waals surface area contributed by atoms with Gasteiger partial charge in [-0.3, -0.25) is 0 Å². The highest BCUT2D eigenvalue weighted by Crippen LogP contribution is 2.20. The van der Waals surface area contributed by atoms with Crippen molar-refractivity contribution in [1.29, 1.82) is 0 Å². The van der Waals surface area contributed by atoms with E-state index in [1.54, 1.807) is 0 Å². The molecule has 0 aliphatic rings. The highest BCUT2D eigenvalue weighted by atomic mass is 79.9. The Balaban J connectivity index is 2.08. The zero-order chi connectivity index (χ0) is 13.0. The van der Waals surface area contributed by atoms with Gasteiger partial charge in [-0.25, -0.2) is 15.8 Å². The molecule has 5 nitrogen and oxygen atoms in total. The zero-order valence-corrected chi connectivity index (χ0v) is 11.4. The van der Waals surface area contributed by atoms with Crippen molar-refractivity contribution in [2.75, 3.05) is 5.43 Å². The van der Waals surface area contributed by atoms with Gasteiger partial charge in [-0.15, -0.1) is 0 Å². The van der Waals surface area contributed by atoms with Gasteiger partial charge in [-0.2, -0.15) is 0 Å². The first-order valence-corrected chi connectivity index (χ1v) is 6.15. The van der Waals surface area contributed by atoms with Crippen LogP contribution in [0.15, 0.2) is 35.1 Å². The summed E-state index contributed by atoms with van der Waals surface area (Å²) in [5.41, 5.74) is 4.36. The topological polar surface area (TPSA) is 73.1 Å². The van der Waals surface area contributed by atoms with E-state index < -0.39 is 0 Å². The molecule has 0 unspecified atom stereocenters. The average Bonchev–Trinajstić information content (AvgIpc) is 2.39. The molecule has 0 bridgehead atoms. The molecule has 0 spiro atoms. The third-order valence-corrected chi connectivity index (χ3v) is 2.99. The van der Waals surface area contributed by atoms with Crippen LogP contribution in [0, 0.1) is 6.92 Å². The van der Waals surface area contributed by atoms with E-state index in [0.717, 1.165) is 15.6 Å². The van der Waals surface area contributed by atoms with Gasteiger partial charge in [-0.1, -0.05) is 28.1 Å². The maximum absolute atomic E-state index is 5.64. The van der Waals surface area contributed by atoms with Gasteiger partial charge < -0.3 is 10.2 Å². The maximum atomic E-state index is 5.64. The third-order valence-electron chi connectivity index (χ3n) is 2.46. The molecule has 3 N–H and O–H groups in total. The van der Waals surface area contributed by atoms with E-state index in [1.807, 2.05) is 31.2 Å². The molecule has 0 saturated carbocycles. The number of nitrogens with zero attached hydrogens (tertiary/aromatic N) is 2. The van der Waals surface area contributed by atoms with Crippen LogP contribution in [0.2, 0.25) is 0 Å². The van der Waals surface area contributed by atoms with Crippen LogP contribution in [0.3, 0.4) is 0 Å². The lowest BCUT2D eigenvalue weighted by atomic mass is 10.2. The van der Waals surface area contributed by atoms with Crippen molar-refractivity contribution < 1.29 is 4.74 Å². The molecule has 2 aromatic rings. The Hall–Kier alpha value is -1.66. The van der Waals surface area contributed by atoms with E-state index in [0.29, 0.717) is 18.3 Å². The van der Waals surface area contributed by atoms with Crippen molar-refractivity contribution in [3.63, 3.8) is 0 Å². The molecule has 18 heavy (non-hydrogen) atoms. The Morgan fingerprint density at radius 3 is 2.67 bits per heavy atom. The number of halogens is 1. The molecule has 1 aromatic heterocycles. The third kappa shape index (κ3) is 2.96. The fourth-order valence-electron chi connectivity index (χ4n) is 1.46. The molecule has 0 atom stereocenters. The van der Waals surface area contributed by atoms with Gasteiger partial charge in [0.1, 0.15) is 18.8 Å². The minimum atomic E-state index is 0.454. The van der Waals surface area contributed by atoms with Gasteiger partial charge in [0, 0.05) is 4.47 Å². The maximum Gasteiger partial charge on any atom is 0.221 e. The second kappa shape index (κ2) is 5.79. The monoisotopic (exact) mass is 308 g/mol. The molecule has 6 heteroatoms. The Bertz CT molecular complexity index is 530. The summed E-state index contributed by atoms with van der Waals surface area (Å²) in [4.78, 5) is 8.07. The minimum Gasteiger partial charge on any atom is -0.472 e. The highest BCUT2D eigenvalue weighted by molar-refractivity contribution is 9.10. The van der Waals surface area contributed by atoms with Crippen molar-refractivity contribution >= 4 is 21.7 Å². The Morgan fingerprint density at radius 1 is 1.28 bits per heavy atom. The summed E-state index contributed by atoms with van der Waals surface area (Å²) in [5, 5.41) is 0. The first-order valence-electron chi connectivity index (χ1n) is 5.36. The predicted molar refractivity (Wildman–Crippen MR) is 73.1 cm³/mol. The van der Waals surface area contributed by atoms with E-state index in [9.17, 15) is 0 Å². The molecule has 0 aliphatic heterocycles. The van der Waals surface area contributed by atoms with E-state index in [-0.39, 0.29) is 0 Å². The fraction of sp³-hybridized carbons (Fsp3) is 0.167. The van der Waals surface area contributed by atoms with Gasteiger partial charge in [0.2, 0.25) is 5.88 Å². The highest BCUT2D eigenvalue weighted by Gasteiger charge is 2.07. The van der Waals surface area contributed by atoms with Crippen molar-refractivity contribution in [3.8, 4) is 5.88 Å². The number of rotatable bonds is 4. The molecular formula is C12H13BrN4O. The van der Waals surface area contributed by atoms with Gasteiger partial charge in [0.05, 0.1) is 5.56 Å². The number of hydrogen-bond donors (Lipinski definition) is 2. The van der Waals surface area contributed by atoms with Crippen LogP contribution in [0.25, 0.3) is 0 Å². The van der Waals surface area contributed by atoms with Gasteiger partial charge in [0.15, 0.2) is 0 Å². The lowest BCUT2D eigenvalue weighted by molar-refractivity contribution is 0.291. The molecule has 0 saturated heterocycles. The number of nitrogen functional groups attached to an aromatic ring is 1. The molecule has 1 heterocycles. The molecule has 2 rings (SSSR count). The number of aromatic nitrogens is 2. The summed E-state index contributed by atoms with van der Waals surface area (Å²) in [6.45, 7) is 2.31. The first kappa shape index (κ1) is 12.8. The van der Waals surface area contributed by atoms with Crippen molar-refractivity contribution in [1.82, 2.24) is 9.97 Å². The quantitative estimate of drug-likeness (QED) is 0.670. The van der Waals surface area contributed by atoms with Crippen LogP contribution in [0.4, 0.5) is 5.82 Å². The predicted octanol–water partition coefficient (Wildman–Crippen LogP) is 2.41. The van der Waals surface area contributed by atoms with Crippen LogP contribution in [-0.4, -0.2) is 9.97 Å². The van der Waals surface area contributed by atoms with Crippen molar-refractivity contribution in [3.05, 3.63) is 46.2 Å². The zero-order valence-electron chi connectivity index (χ0n) is 9.85. The Morgan fingerprint density at radius 2 is 2.00 bits per heavy atom. The van der Waals surface area contributed by atoms with Crippen LogP contribution in [0.1, 0.15) is 11.1 Å². The summed E-state index contributed by atoms with van der Waals surface area (Å²) in [5.74, 6) is 6.44. The van der Waals surface area contributed by atoms with Crippen LogP contribution >= 0.6 is 15.9 Å². The molecule has 0 amide bonds. The molecular weight excluding hydrogens is 296 g/mol. The largest absolute Gasteiger partial charge is 0.472 e. The van der Waals surface area contributed by atoms with Crippen LogP contribution in [-0.2, 0) is 6.61 Å². The van der Waals surface area contributed by atoms with E-state index in [2.05, 4.69) is 31.3 Å². The number of benzene rings is 1. The van der Waals surface area contributed by atoms with Crippen LogP contribution < -0.4 is 16.0 Å². The molecule has 0 aliphatic carbocycles. The number of hydrogen-bond acceptors (Lipinski definition) is 5. The van der Waals surface area contributed by atoms with Gasteiger partial charge in [-0.05, 0) is 24.6 Å². The second-order valence-corrected chi connectivity index (χ2v) is 4.63. The van der Waals surface area contributed by atoms with Gasteiger partial charge in [0.25, 0.3) is 0 Å². The summed E-state index contributed by atoms with van der Waals surface area (Å²) in [6.07, 6.45) is 1.42. The lowest BCUT2D eigenvalue weighted by Gasteiger charge is -2.10. The van der Waals surface area contributed by atoms with E-state index in [4.69, 9.17) is 10.6 Å². The van der Waals surface area contributed by atoms with Gasteiger partial charge >= 0.3 is 0 Å². The Labute approximate surface area is 113 Å². The number of nitrogens with two attached hydrogens (primary N) is 1. The Kier molecular flexibility index (Phi) is 4.11. The number of ether oxygens (including phenoxy) is 1. The second-order valence-electron chi connectivity index (χ2n) is 3.71. The molecule has 0 fully saturated rings. The van der Waals surface area contributed by atoms with Crippen LogP contribution in [0.5, 0.6) is 5.88 Å². The smallest absolute Gasteiger partial charge is 0.221 e. The minimum absolute atomic E-state index is 0.454. The molecule has 94 valence electrons. The molecule has 0 radical (unpaired) electrons. The van der Waals surface area contributed by atoms with E-state index in [1.165, 1.54) is 6.33 Å². The van der Waals surface area contributed by atoms with Crippen molar-refractivity contribution in [2.45, 2.75) is 13.5 Å². The SMILES string of the molecule is Cc1c(NN)ncnc1OCc1ccc(Br)cc1. The summed E-state index contributed by atoms with van der Waals surface area (Å²) < 4.78 is 6.68. The average molecular weight is 309 g/mol. The fourth-order valence-corrected chi connectivity index (χ4v) is 1.72. The number of nitrogens with one attached hydrogen (secondary N) is 1. The summed E-state index contributed by atoms with van der Waals surface area (Å²) >= 11 is 3.39. The first-order chi connectivity index (χ1) is 8.70. The molecule has 1 aromatic carbocycles. The summed E-state index contributed by atoms with van der Waals surface area (Å²) in [7, 11) is 0. The normalized spacial score (nSPS) is 10.2. The number of anilines is 1. The van der Waals surface area contributed by atoms with E-state index >= 15 is 0 Å². The standard InChI is InChI=1S/C12H13BrN4O/c1-8-11(17-14)15-7-16-12(8)18-6-9-2-4-10(13)5-3-9/h2-5,7H,6,14H2,1H3,(H,15,16,17). The summed E-state index contributed by atoms with van der Waals surface area (Å²) in [6, 6.07) is 7.92.